The predicted octanol–water partition coefficient (Wildman–Crippen LogP) is 4.83. The van der Waals surface area contributed by atoms with Crippen LogP contribution in [0.15, 0.2) is 77.4 Å². The molecule has 4 aromatic rings. The van der Waals surface area contributed by atoms with Gasteiger partial charge in [-0.15, -0.1) is 0 Å². The van der Waals surface area contributed by atoms with Crippen LogP contribution in [-0.4, -0.2) is 35.1 Å². The summed E-state index contributed by atoms with van der Waals surface area (Å²) in [6.45, 7) is 3.78. The molecular weight excluding hydrogens is 430 g/mol. The lowest BCUT2D eigenvalue weighted by Crippen LogP contribution is -2.40. The molecule has 1 aliphatic rings. The molecule has 7 heteroatoms. The summed E-state index contributed by atoms with van der Waals surface area (Å²) < 4.78 is 13.0. The number of rotatable bonds is 7. The number of anilines is 1. The fourth-order valence-electron chi connectivity index (χ4n) is 4.41. The number of hydrogen-bond acceptors (Lipinski definition) is 4. The van der Waals surface area contributed by atoms with Crippen molar-refractivity contribution in [1.29, 1.82) is 0 Å². The third-order valence-corrected chi connectivity index (χ3v) is 6.24. The van der Waals surface area contributed by atoms with Gasteiger partial charge in [-0.2, -0.15) is 0 Å². The average Bonchev–Trinajstić information content (AvgIpc) is 3.59. The molecular formula is C27H27N3O4. The van der Waals surface area contributed by atoms with Crippen LogP contribution in [0, 0.1) is 0 Å². The Morgan fingerprint density at radius 2 is 1.88 bits per heavy atom. The monoisotopic (exact) mass is 457 g/mol. The maximum Gasteiger partial charge on any atom is 0.291 e. The van der Waals surface area contributed by atoms with Gasteiger partial charge in [-0.1, -0.05) is 30.3 Å². The molecule has 2 N–H and O–H groups in total. The fraction of sp³-hybridized carbons (Fsp3) is 0.259. The molecule has 2 amide bonds. The Hall–Kier alpha value is -3.84. The van der Waals surface area contributed by atoms with Crippen LogP contribution in [0.1, 0.15) is 46.4 Å². The quantitative estimate of drug-likeness (QED) is 0.416. The Kier molecular flexibility index (Phi) is 5.94. The van der Waals surface area contributed by atoms with Gasteiger partial charge < -0.3 is 24.4 Å². The second kappa shape index (κ2) is 9.19. The van der Waals surface area contributed by atoms with E-state index in [1.165, 1.54) is 6.26 Å². The number of nitrogens with zero attached hydrogens (tertiary/aromatic N) is 1. The van der Waals surface area contributed by atoms with Crippen molar-refractivity contribution in [1.82, 2.24) is 9.88 Å². The van der Waals surface area contributed by atoms with Gasteiger partial charge in [0, 0.05) is 36.3 Å². The molecule has 1 fully saturated rings. The predicted molar refractivity (Wildman–Crippen MR) is 130 cm³/mol. The van der Waals surface area contributed by atoms with Crippen molar-refractivity contribution in [3.63, 3.8) is 0 Å². The Morgan fingerprint density at radius 1 is 1.03 bits per heavy atom. The van der Waals surface area contributed by atoms with E-state index in [1.54, 1.807) is 12.1 Å². The van der Waals surface area contributed by atoms with Gasteiger partial charge >= 0.3 is 0 Å². The molecule has 1 aliphatic heterocycles. The molecule has 0 radical (unpaired) electrons. The molecule has 3 heterocycles. The molecule has 1 saturated heterocycles. The van der Waals surface area contributed by atoms with Crippen molar-refractivity contribution in [3.8, 4) is 0 Å². The van der Waals surface area contributed by atoms with E-state index < -0.39 is 0 Å². The van der Waals surface area contributed by atoms with Crippen molar-refractivity contribution in [2.45, 2.75) is 31.9 Å². The van der Waals surface area contributed by atoms with Crippen LogP contribution < -0.4 is 10.6 Å². The molecule has 5 rings (SSSR count). The summed E-state index contributed by atoms with van der Waals surface area (Å²) in [5.41, 5.74) is 2.87. The summed E-state index contributed by atoms with van der Waals surface area (Å²) in [6.07, 6.45) is 3.40. The van der Waals surface area contributed by atoms with Gasteiger partial charge in [0.1, 0.15) is 5.69 Å². The maximum atomic E-state index is 13.3. The summed E-state index contributed by atoms with van der Waals surface area (Å²) in [7, 11) is 0. The number of aromatic nitrogens is 1. The Morgan fingerprint density at radius 3 is 2.62 bits per heavy atom. The highest BCUT2D eigenvalue weighted by Gasteiger charge is 2.30. The summed E-state index contributed by atoms with van der Waals surface area (Å²) in [5.74, 6) is -0.231. The summed E-state index contributed by atoms with van der Waals surface area (Å²) in [6, 6.07) is 20.8. The number of ether oxygens (including phenoxy) is 1. The molecule has 7 nitrogen and oxygen atoms in total. The minimum absolute atomic E-state index is 0.148. The average molecular weight is 458 g/mol. The number of nitrogens with one attached hydrogen (secondary N) is 2. The van der Waals surface area contributed by atoms with Gasteiger partial charge in [0.25, 0.3) is 11.8 Å². The molecule has 1 unspecified atom stereocenters. The second-order valence-electron chi connectivity index (χ2n) is 8.89. The molecule has 34 heavy (non-hydrogen) atoms. The van der Waals surface area contributed by atoms with E-state index in [1.807, 2.05) is 66.1 Å². The molecule has 0 bridgehead atoms. The van der Waals surface area contributed by atoms with E-state index in [0.29, 0.717) is 24.5 Å². The lowest BCUT2D eigenvalue weighted by Gasteiger charge is -2.23. The van der Waals surface area contributed by atoms with Crippen molar-refractivity contribution in [2.75, 3.05) is 18.5 Å². The van der Waals surface area contributed by atoms with Gasteiger partial charge in [-0.05, 0) is 61.7 Å². The number of hydrogen-bond donors (Lipinski definition) is 2. The highest BCUT2D eigenvalue weighted by molar-refractivity contribution is 6.04. The standard InChI is InChI=1S/C27H27N3O4/c1-27(12-6-14-34-27)18-28-25(31)23-16-20-15-21(29-26(32)24-9-5-13-33-24)10-11-22(20)30(23)17-19-7-3-2-4-8-19/h2-5,7-11,13,15-16H,6,12,14,17-18H2,1H3,(H,28,31)(H,29,32). The highest BCUT2D eigenvalue weighted by atomic mass is 16.5. The summed E-state index contributed by atoms with van der Waals surface area (Å²) >= 11 is 0. The van der Waals surface area contributed by atoms with Gasteiger partial charge in [-0.3, -0.25) is 9.59 Å². The number of furan rings is 1. The second-order valence-corrected chi connectivity index (χ2v) is 8.89. The molecule has 2 aromatic carbocycles. The van der Waals surface area contributed by atoms with E-state index in [9.17, 15) is 9.59 Å². The van der Waals surface area contributed by atoms with E-state index in [0.717, 1.165) is 35.9 Å². The zero-order valence-electron chi connectivity index (χ0n) is 19.0. The normalized spacial score (nSPS) is 17.7. The van der Waals surface area contributed by atoms with Crippen LogP contribution >= 0.6 is 0 Å². The van der Waals surface area contributed by atoms with Gasteiger partial charge in [-0.25, -0.2) is 0 Å². The lowest BCUT2D eigenvalue weighted by molar-refractivity contribution is 0.0205. The van der Waals surface area contributed by atoms with Crippen molar-refractivity contribution in [3.05, 3.63) is 90.0 Å². The van der Waals surface area contributed by atoms with E-state index >= 15 is 0 Å². The Balaban J connectivity index is 1.45. The number of carbonyl (C=O) groups is 2. The Labute approximate surface area is 197 Å². The minimum atomic E-state index is -0.324. The molecule has 2 aromatic heterocycles. The highest BCUT2D eigenvalue weighted by Crippen LogP contribution is 2.27. The third kappa shape index (κ3) is 4.61. The summed E-state index contributed by atoms with van der Waals surface area (Å²) in [4.78, 5) is 25.7. The zero-order valence-corrected chi connectivity index (χ0v) is 19.0. The van der Waals surface area contributed by atoms with Crippen molar-refractivity contribution < 1.29 is 18.7 Å². The largest absolute Gasteiger partial charge is 0.459 e. The third-order valence-electron chi connectivity index (χ3n) is 6.24. The van der Waals surface area contributed by atoms with Crippen molar-refractivity contribution >= 4 is 28.4 Å². The fourth-order valence-corrected chi connectivity index (χ4v) is 4.41. The molecule has 0 saturated carbocycles. The zero-order chi connectivity index (χ0) is 23.5. The molecule has 1 atom stereocenters. The first-order valence-electron chi connectivity index (χ1n) is 11.4. The minimum Gasteiger partial charge on any atom is -0.459 e. The van der Waals surface area contributed by atoms with E-state index in [-0.39, 0.29) is 23.2 Å². The Bertz CT molecular complexity index is 1300. The number of amides is 2. The van der Waals surface area contributed by atoms with Crippen LogP contribution in [0.5, 0.6) is 0 Å². The van der Waals surface area contributed by atoms with Crippen LogP contribution in [0.25, 0.3) is 10.9 Å². The smallest absolute Gasteiger partial charge is 0.291 e. The SMILES string of the molecule is CC1(CNC(=O)c2cc3cc(NC(=O)c4ccco4)ccc3n2Cc2ccccc2)CCCO1. The van der Waals surface area contributed by atoms with Crippen molar-refractivity contribution in [2.24, 2.45) is 0 Å². The van der Waals surface area contributed by atoms with E-state index in [2.05, 4.69) is 10.6 Å². The lowest BCUT2D eigenvalue weighted by atomic mass is 10.0. The first-order valence-corrected chi connectivity index (χ1v) is 11.4. The van der Waals surface area contributed by atoms with Gasteiger partial charge in [0.15, 0.2) is 5.76 Å². The van der Waals surface area contributed by atoms with Gasteiger partial charge in [0.05, 0.1) is 11.9 Å². The summed E-state index contributed by atoms with van der Waals surface area (Å²) in [5, 5.41) is 6.78. The first-order chi connectivity index (χ1) is 16.5. The molecule has 0 spiro atoms. The number of fused-ring (bicyclic) bond motifs is 1. The number of benzene rings is 2. The van der Waals surface area contributed by atoms with Crippen LogP contribution in [0.4, 0.5) is 5.69 Å². The number of carbonyl (C=O) groups excluding carboxylic acids is 2. The maximum absolute atomic E-state index is 13.3. The topological polar surface area (TPSA) is 85.5 Å². The molecule has 0 aliphatic carbocycles. The van der Waals surface area contributed by atoms with Crippen LogP contribution in [-0.2, 0) is 11.3 Å². The van der Waals surface area contributed by atoms with Crippen LogP contribution in [0.2, 0.25) is 0 Å². The van der Waals surface area contributed by atoms with E-state index in [4.69, 9.17) is 9.15 Å². The van der Waals surface area contributed by atoms with Crippen LogP contribution in [0.3, 0.4) is 0 Å². The first kappa shape index (κ1) is 22.0. The molecule has 174 valence electrons. The van der Waals surface area contributed by atoms with Gasteiger partial charge in [0.2, 0.25) is 0 Å².